The van der Waals surface area contributed by atoms with Crippen molar-refractivity contribution in [3.05, 3.63) is 59.0 Å². The molecule has 2 heterocycles. The van der Waals surface area contributed by atoms with Crippen molar-refractivity contribution in [2.24, 2.45) is 0 Å². The van der Waals surface area contributed by atoms with Gasteiger partial charge in [-0.05, 0) is 25.5 Å². The van der Waals surface area contributed by atoms with Crippen LogP contribution >= 0.6 is 11.3 Å². The lowest BCUT2D eigenvalue weighted by Gasteiger charge is -2.26. The number of nitrogens with zero attached hydrogens (tertiary/aromatic N) is 3. The summed E-state index contributed by atoms with van der Waals surface area (Å²) < 4.78 is 11.9. The lowest BCUT2D eigenvalue weighted by molar-refractivity contribution is -0.385. The number of ether oxygens (including phenoxy) is 2. The number of aryl methyl sites for hydroxylation is 1. The van der Waals surface area contributed by atoms with E-state index in [0.717, 1.165) is 11.3 Å². The van der Waals surface area contributed by atoms with E-state index in [1.807, 2.05) is 0 Å². The van der Waals surface area contributed by atoms with E-state index in [1.165, 1.54) is 22.8 Å². The van der Waals surface area contributed by atoms with Gasteiger partial charge in [0.1, 0.15) is 11.2 Å². The Kier molecular flexibility index (Phi) is 7.54. The molecule has 0 radical (unpaired) electrons. The molecule has 0 N–H and O–H groups in total. The molecule has 1 aromatic heterocycles. The van der Waals surface area contributed by atoms with Crippen LogP contribution < -0.4 is 14.8 Å². The molecule has 2 aromatic rings. The largest absolute Gasteiger partial charge is 0.463 e. The molecule has 1 aromatic carbocycles. The average Bonchev–Trinajstić information content (AvgIpc) is 3.04. The van der Waals surface area contributed by atoms with Gasteiger partial charge in [-0.1, -0.05) is 12.1 Å². The Morgan fingerprint density at radius 2 is 2.03 bits per heavy atom. The van der Waals surface area contributed by atoms with E-state index >= 15 is 0 Å². The Balaban J connectivity index is 2.06. The molecule has 0 bridgehead atoms. The van der Waals surface area contributed by atoms with Crippen molar-refractivity contribution in [3.8, 4) is 0 Å². The molecule has 0 atom stereocenters. The standard InChI is InChI=1S/C21H23N3O7S/c1-3-31-20(26)12-19-23(13-18(25)22-6-8-30-9-7-22)21(27)17(32-19)11-15-5-4-14(2)16(10-15)24(28)29/h4-5,10-12H,3,6-9,13H2,1-2H3/b17-11-,19-12-. The van der Waals surface area contributed by atoms with Crippen molar-refractivity contribution in [2.75, 3.05) is 32.9 Å². The van der Waals surface area contributed by atoms with E-state index in [1.54, 1.807) is 30.9 Å². The van der Waals surface area contributed by atoms with E-state index in [9.17, 15) is 24.5 Å². The number of amides is 1. The van der Waals surface area contributed by atoms with E-state index < -0.39 is 16.5 Å². The number of morpholine rings is 1. The highest BCUT2D eigenvalue weighted by Crippen LogP contribution is 2.19. The van der Waals surface area contributed by atoms with Crippen molar-refractivity contribution in [3.63, 3.8) is 0 Å². The highest BCUT2D eigenvalue weighted by molar-refractivity contribution is 7.07. The van der Waals surface area contributed by atoms with Gasteiger partial charge in [-0.25, -0.2) is 4.79 Å². The van der Waals surface area contributed by atoms with Gasteiger partial charge in [0.15, 0.2) is 0 Å². The number of carbonyl (C=O) groups excluding carboxylic acids is 2. The lowest BCUT2D eigenvalue weighted by Crippen LogP contribution is -2.45. The normalized spacial score (nSPS) is 15.1. The zero-order valence-electron chi connectivity index (χ0n) is 17.7. The Labute approximate surface area is 187 Å². The first-order valence-corrected chi connectivity index (χ1v) is 10.8. The van der Waals surface area contributed by atoms with Crippen LogP contribution in [0.15, 0.2) is 23.0 Å². The third-order valence-corrected chi connectivity index (χ3v) is 5.91. The summed E-state index contributed by atoms with van der Waals surface area (Å²) in [5, 5.41) is 11.2. The average molecular weight is 461 g/mol. The molecule has 10 nitrogen and oxygen atoms in total. The molecule has 1 amide bonds. The van der Waals surface area contributed by atoms with Crippen LogP contribution in [-0.2, 0) is 25.6 Å². The van der Waals surface area contributed by atoms with Crippen LogP contribution in [0.3, 0.4) is 0 Å². The Hall–Kier alpha value is -3.31. The van der Waals surface area contributed by atoms with Gasteiger partial charge in [-0.3, -0.25) is 24.3 Å². The van der Waals surface area contributed by atoms with Crippen molar-refractivity contribution in [1.82, 2.24) is 9.47 Å². The predicted octanol–water partition coefficient (Wildman–Crippen LogP) is 0.158. The van der Waals surface area contributed by atoms with Gasteiger partial charge >= 0.3 is 5.97 Å². The molecule has 3 rings (SSSR count). The smallest absolute Gasteiger partial charge is 0.333 e. The van der Waals surface area contributed by atoms with Gasteiger partial charge in [0.25, 0.3) is 11.2 Å². The summed E-state index contributed by atoms with van der Waals surface area (Å²) in [6.45, 7) is 4.95. The monoisotopic (exact) mass is 461 g/mol. The summed E-state index contributed by atoms with van der Waals surface area (Å²) in [5.41, 5.74) is 0.449. The van der Waals surface area contributed by atoms with Crippen LogP contribution in [0.2, 0.25) is 0 Å². The topological polar surface area (TPSA) is 121 Å². The van der Waals surface area contributed by atoms with Crippen molar-refractivity contribution < 1.29 is 24.0 Å². The van der Waals surface area contributed by atoms with Gasteiger partial charge in [0.05, 0.1) is 35.4 Å². The van der Waals surface area contributed by atoms with Crippen LogP contribution in [0.25, 0.3) is 12.2 Å². The number of hydrogen-bond acceptors (Lipinski definition) is 8. The maximum atomic E-state index is 13.1. The second-order valence-electron chi connectivity index (χ2n) is 7.03. The van der Waals surface area contributed by atoms with E-state index in [-0.39, 0.29) is 33.9 Å². The highest BCUT2D eigenvalue weighted by Gasteiger charge is 2.19. The van der Waals surface area contributed by atoms with Gasteiger partial charge < -0.3 is 14.4 Å². The minimum absolute atomic E-state index is 0.0589. The Morgan fingerprint density at radius 3 is 2.69 bits per heavy atom. The lowest BCUT2D eigenvalue weighted by atomic mass is 10.1. The number of nitro groups is 1. The second kappa shape index (κ2) is 10.3. The molecule has 11 heteroatoms. The SMILES string of the molecule is CCOC(=O)/C=c1\s/c(=C\c2ccc(C)c([N+](=O)[O-])c2)c(=O)n1CC(=O)N1CCOCC1. The molecule has 1 fully saturated rings. The van der Waals surface area contributed by atoms with E-state index in [2.05, 4.69) is 0 Å². The fourth-order valence-corrected chi connectivity index (χ4v) is 4.22. The first-order valence-electron chi connectivity index (χ1n) is 10.0. The molecule has 1 aliphatic heterocycles. The third-order valence-electron chi connectivity index (χ3n) is 4.85. The summed E-state index contributed by atoms with van der Waals surface area (Å²) in [6.07, 6.45) is 2.69. The van der Waals surface area contributed by atoms with E-state index in [4.69, 9.17) is 9.47 Å². The molecule has 170 valence electrons. The molecule has 0 unspecified atom stereocenters. The van der Waals surface area contributed by atoms with Crippen molar-refractivity contribution >= 4 is 41.1 Å². The zero-order chi connectivity index (χ0) is 23.3. The molecule has 1 aliphatic rings. The number of benzene rings is 1. The third kappa shape index (κ3) is 5.48. The molecule has 0 aliphatic carbocycles. The molecule has 32 heavy (non-hydrogen) atoms. The Bertz CT molecular complexity index is 1210. The molecular weight excluding hydrogens is 438 g/mol. The summed E-state index contributed by atoms with van der Waals surface area (Å²) in [7, 11) is 0. The van der Waals surface area contributed by atoms with Crippen LogP contribution in [0.5, 0.6) is 0 Å². The van der Waals surface area contributed by atoms with E-state index in [0.29, 0.717) is 37.4 Å². The summed E-state index contributed by atoms with van der Waals surface area (Å²) in [6, 6.07) is 4.65. The number of nitro benzene ring substituents is 1. The Morgan fingerprint density at radius 1 is 1.31 bits per heavy atom. The molecule has 1 saturated heterocycles. The summed E-state index contributed by atoms with van der Waals surface area (Å²) >= 11 is 1.02. The number of hydrogen-bond donors (Lipinski definition) is 0. The van der Waals surface area contributed by atoms with Crippen molar-refractivity contribution in [2.45, 2.75) is 20.4 Å². The number of rotatable bonds is 6. The fourth-order valence-electron chi connectivity index (χ4n) is 3.19. The van der Waals surface area contributed by atoms with Crippen molar-refractivity contribution in [1.29, 1.82) is 0 Å². The minimum Gasteiger partial charge on any atom is -0.463 e. The summed E-state index contributed by atoms with van der Waals surface area (Å²) in [5.74, 6) is -0.886. The maximum Gasteiger partial charge on any atom is 0.333 e. The van der Waals surface area contributed by atoms with Gasteiger partial charge in [0.2, 0.25) is 5.91 Å². The van der Waals surface area contributed by atoms with Crippen LogP contribution in [0, 0.1) is 17.0 Å². The minimum atomic E-state index is -0.626. The first kappa shape index (κ1) is 23.4. The predicted molar refractivity (Wildman–Crippen MR) is 118 cm³/mol. The quantitative estimate of drug-likeness (QED) is 0.341. The zero-order valence-corrected chi connectivity index (χ0v) is 18.6. The van der Waals surface area contributed by atoms with Gasteiger partial charge in [0, 0.05) is 24.7 Å². The number of aromatic nitrogens is 1. The van der Waals surface area contributed by atoms with Gasteiger partial charge in [-0.15, -0.1) is 11.3 Å². The number of carbonyl (C=O) groups is 2. The second-order valence-corrected chi connectivity index (χ2v) is 8.09. The molecule has 0 saturated carbocycles. The van der Waals surface area contributed by atoms with Crippen LogP contribution in [0.1, 0.15) is 18.1 Å². The highest BCUT2D eigenvalue weighted by atomic mass is 32.1. The fraction of sp³-hybridized carbons (Fsp3) is 0.381. The maximum absolute atomic E-state index is 13.1. The first-order chi connectivity index (χ1) is 15.3. The number of thiazole rings is 1. The van der Waals surface area contributed by atoms with Gasteiger partial charge in [-0.2, -0.15) is 0 Å². The molecule has 0 spiro atoms. The molecular formula is C21H23N3O7S. The summed E-state index contributed by atoms with van der Waals surface area (Å²) in [4.78, 5) is 50.1. The van der Waals surface area contributed by atoms with Crippen LogP contribution in [-0.4, -0.2) is 59.2 Å². The van der Waals surface area contributed by atoms with Crippen LogP contribution in [0.4, 0.5) is 5.69 Å². The number of esters is 1.